The second-order valence-electron chi connectivity index (χ2n) is 2.68. The maximum absolute atomic E-state index is 11.2. The molecule has 0 aliphatic heterocycles. The van der Waals surface area contributed by atoms with Crippen molar-refractivity contribution < 1.29 is 4.79 Å². The lowest BCUT2D eigenvalue weighted by Gasteiger charge is -1.97. The standard InChI is InChI=1S/C10H12ClNOS/c11-6-2-7-12-10(13)5-4-9-3-1-8-14-9/h1,3-5,8H,2,6-7H2,(H,12,13)/b5-4+. The molecular weight excluding hydrogens is 218 g/mol. The summed E-state index contributed by atoms with van der Waals surface area (Å²) in [7, 11) is 0. The lowest BCUT2D eigenvalue weighted by atomic mass is 10.4. The SMILES string of the molecule is O=C(/C=C/c1cccs1)NCCCCl. The second-order valence-corrected chi connectivity index (χ2v) is 4.04. The number of alkyl halides is 1. The number of hydrogen-bond acceptors (Lipinski definition) is 2. The van der Waals surface area contributed by atoms with Gasteiger partial charge in [0.1, 0.15) is 0 Å². The van der Waals surface area contributed by atoms with Crippen molar-refractivity contribution >= 4 is 34.9 Å². The molecule has 0 saturated heterocycles. The number of nitrogens with one attached hydrogen (secondary N) is 1. The number of carbonyl (C=O) groups excluding carboxylic acids is 1. The smallest absolute Gasteiger partial charge is 0.244 e. The Kier molecular flexibility index (Phi) is 5.33. The molecule has 1 amide bonds. The van der Waals surface area contributed by atoms with Gasteiger partial charge in [0.15, 0.2) is 0 Å². The molecule has 1 heterocycles. The number of amides is 1. The quantitative estimate of drug-likeness (QED) is 0.469. The molecule has 0 saturated carbocycles. The van der Waals surface area contributed by atoms with Gasteiger partial charge in [0.25, 0.3) is 0 Å². The summed E-state index contributed by atoms with van der Waals surface area (Å²) >= 11 is 7.08. The van der Waals surface area contributed by atoms with Crippen LogP contribution in [0.4, 0.5) is 0 Å². The summed E-state index contributed by atoms with van der Waals surface area (Å²) < 4.78 is 0. The molecule has 0 bridgehead atoms. The van der Waals surface area contributed by atoms with Crippen molar-refractivity contribution in [2.75, 3.05) is 12.4 Å². The highest BCUT2D eigenvalue weighted by molar-refractivity contribution is 7.10. The van der Waals surface area contributed by atoms with Crippen molar-refractivity contribution in [3.8, 4) is 0 Å². The first-order valence-electron chi connectivity index (χ1n) is 4.38. The third kappa shape index (κ3) is 4.44. The van der Waals surface area contributed by atoms with Crippen LogP contribution in [-0.4, -0.2) is 18.3 Å². The van der Waals surface area contributed by atoms with Crippen LogP contribution in [-0.2, 0) is 4.79 Å². The number of hydrogen-bond donors (Lipinski definition) is 1. The van der Waals surface area contributed by atoms with E-state index in [0.29, 0.717) is 12.4 Å². The molecule has 0 aliphatic rings. The lowest BCUT2D eigenvalue weighted by Crippen LogP contribution is -2.22. The fraction of sp³-hybridized carbons (Fsp3) is 0.300. The van der Waals surface area contributed by atoms with E-state index in [4.69, 9.17) is 11.6 Å². The Morgan fingerprint density at radius 1 is 1.64 bits per heavy atom. The van der Waals surface area contributed by atoms with Crippen LogP contribution in [0, 0.1) is 0 Å². The minimum atomic E-state index is -0.0662. The first-order valence-corrected chi connectivity index (χ1v) is 5.79. The highest BCUT2D eigenvalue weighted by Gasteiger charge is 1.93. The van der Waals surface area contributed by atoms with Crippen LogP contribution in [0.1, 0.15) is 11.3 Å². The van der Waals surface area contributed by atoms with Gasteiger partial charge in [-0.05, 0) is 23.9 Å². The maximum Gasteiger partial charge on any atom is 0.244 e. The van der Waals surface area contributed by atoms with Crippen LogP contribution in [0.5, 0.6) is 0 Å². The Morgan fingerprint density at radius 2 is 2.50 bits per heavy atom. The fourth-order valence-electron chi connectivity index (χ4n) is 0.881. The summed E-state index contributed by atoms with van der Waals surface area (Å²) in [6, 6.07) is 3.92. The summed E-state index contributed by atoms with van der Waals surface area (Å²) in [4.78, 5) is 12.3. The monoisotopic (exact) mass is 229 g/mol. The molecule has 0 aliphatic carbocycles. The van der Waals surface area contributed by atoms with Gasteiger partial charge < -0.3 is 5.32 Å². The van der Waals surface area contributed by atoms with E-state index in [1.165, 1.54) is 0 Å². The van der Waals surface area contributed by atoms with Crippen LogP contribution in [0.15, 0.2) is 23.6 Å². The van der Waals surface area contributed by atoms with E-state index in [0.717, 1.165) is 11.3 Å². The maximum atomic E-state index is 11.2. The first kappa shape index (κ1) is 11.3. The zero-order chi connectivity index (χ0) is 10.2. The molecule has 14 heavy (non-hydrogen) atoms. The van der Waals surface area contributed by atoms with E-state index in [9.17, 15) is 4.79 Å². The van der Waals surface area contributed by atoms with Gasteiger partial charge in [0, 0.05) is 23.4 Å². The lowest BCUT2D eigenvalue weighted by molar-refractivity contribution is -0.116. The van der Waals surface area contributed by atoms with Gasteiger partial charge in [-0.2, -0.15) is 0 Å². The Balaban J connectivity index is 2.26. The van der Waals surface area contributed by atoms with Crippen molar-refractivity contribution in [3.63, 3.8) is 0 Å². The highest BCUT2D eigenvalue weighted by atomic mass is 35.5. The number of halogens is 1. The van der Waals surface area contributed by atoms with Crippen LogP contribution in [0.25, 0.3) is 6.08 Å². The molecule has 2 nitrogen and oxygen atoms in total. The molecule has 4 heteroatoms. The van der Waals surface area contributed by atoms with E-state index >= 15 is 0 Å². The minimum Gasteiger partial charge on any atom is -0.353 e. The van der Waals surface area contributed by atoms with Crippen molar-refractivity contribution in [1.82, 2.24) is 5.32 Å². The average molecular weight is 230 g/mol. The predicted molar refractivity (Wildman–Crippen MR) is 61.7 cm³/mol. The Hall–Kier alpha value is -0.800. The van der Waals surface area contributed by atoms with E-state index in [2.05, 4.69) is 5.32 Å². The van der Waals surface area contributed by atoms with Crippen molar-refractivity contribution in [3.05, 3.63) is 28.5 Å². The molecule has 1 aromatic rings. The molecule has 0 atom stereocenters. The van der Waals surface area contributed by atoms with Gasteiger partial charge in [-0.3, -0.25) is 4.79 Å². The summed E-state index contributed by atoms with van der Waals surface area (Å²) in [6.07, 6.45) is 4.15. The van der Waals surface area contributed by atoms with Crippen molar-refractivity contribution in [1.29, 1.82) is 0 Å². The largest absolute Gasteiger partial charge is 0.353 e. The summed E-state index contributed by atoms with van der Waals surface area (Å²) in [5, 5.41) is 4.72. The normalized spacial score (nSPS) is 10.6. The number of thiophene rings is 1. The number of rotatable bonds is 5. The van der Waals surface area contributed by atoms with Gasteiger partial charge in [0.05, 0.1) is 0 Å². The first-order chi connectivity index (χ1) is 6.83. The van der Waals surface area contributed by atoms with E-state index in [1.54, 1.807) is 23.5 Å². The van der Waals surface area contributed by atoms with Crippen LogP contribution >= 0.6 is 22.9 Å². The molecular formula is C10H12ClNOS. The van der Waals surface area contributed by atoms with Crippen LogP contribution in [0.3, 0.4) is 0 Å². The molecule has 76 valence electrons. The molecule has 1 rings (SSSR count). The third-order valence-electron chi connectivity index (χ3n) is 1.55. The molecule has 1 N–H and O–H groups in total. The molecule has 1 aromatic heterocycles. The summed E-state index contributed by atoms with van der Waals surface area (Å²) in [6.45, 7) is 0.636. The average Bonchev–Trinajstić information content (AvgIpc) is 2.68. The second kappa shape index (κ2) is 6.62. The van der Waals surface area contributed by atoms with Gasteiger partial charge >= 0.3 is 0 Å². The van der Waals surface area contributed by atoms with Crippen molar-refractivity contribution in [2.45, 2.75) is 6.42 Å². The van der Waals surface area contributed by atoms with Gasteiger partial charge in [0.2, 0.25) is 5.91 Å². The molecule has 0 unspecified atom stereocenters. The molecule has 0 spiro atoms. The molecule has 0 radical (unpaired) electrons. The Labute approximate surface area is 92.6 Å². The van der Waals surface area contributed by atoms with Gasteiger partial charge in [-0.1, -0.05) is 6.07 Å². The zero-order valence-corrected chi connectivity index (χ0v) is 9.27. The zero-order valence-electron chi connectivity index (χ0n) is 7.70. The van der Waals surface area contributed by atoms with Gasteiger partial charge in [-0.15, -0.1) is 22.9 Å². The van der Waals surface area contributed by atoms with Crippen molar-refractivity contribution in [2.24, 2.45) is 0 Å². The highest BCUT2D eigenvalue weighted by Crippen LogP contribution is 2.09. The van der Waals surface area contributed by atoms with E-state index in [-0.39, 0.29) is 5.91 Å². The third-order valence-corrected chi connectivity index (χ3v) is 2.66. The van der Waals surface area contributed by atoms with Crippen LogP contribution < -0.4 is 5.32 Å². The summed E-state index contributed by atoms with van der Waals surface area (Å²) in [5.74, 6) is 0.512. The van der Waals surface area contributed by atoms with Gasteiger partial charge in [-0.25, -0.2) is 0 Å². The Morgan fingerprint density at radius 3 is 3.14 bits per heavy atom. The van der Waals surface area contributed by atoms with Crippen LogP contribution in [0.2, 0.25) is 0 Å². The topological polar surface area (TPSA) is 29.1 Å². The predicted octanol–water partition coefficient (Wildman–Crippen LogP) is 2.51. The van der Waals surface area contributed by atoms with E-state index < -0.39 is 0 Å². The molecule has 0 fully saturated rings. The summed E-state index contributed by atoms with van der Waals surface area (Å²) in [5.41, 5.74) is 0. The van der Waals surface area contributed by atoms with E-state index in [1.807, 2.05) is 17.5 Å². The number of carbonyl (C=O) groups is 1. The fourth-order valence-corrected chi connectivity index (χ4v) is 1.63. The Bertz CT molecular complexity index is 295. The minimum absolute atomic E-state index is 0.0662. The molecule has 0 aromatic carbocycles.